The summed E-state index contributed by atoms with van der Waals surface area (Å²) < 4.78 is 7.19. The molecule has 17 heavy (non-hydrogen) atoms. The van der Waals surface area contributed by atoms with Gasteiger partial charge in [-0.15, -0.1) is 0 Å². The highest BCUT2D eigenvalue weighted by atomic mass is 16.5. The van der Waals surface area contributed by atoms with Crippen LogP contribution >= 0.6 is 0 Å². The summed E-state index contributed by atoms with van der Waals surface area (Å²) >= 11 is 0. The van der Waals surface area contributed by atoms with Crippen LogP contribution in [0.2, 0.25) is 0 Å². The van der Waals surface area contributed by atoms with E-state index in [-0.39, 0.29) is 0 Å². The van der Waals surface area contributed by atoms with Crippen molar-refractivity contribution in [2.75, 3.05) is 19.8 Å². The van der Waals surface area contributed by atoms with Crippen molar-refractivity contribution in [2.24, 2.45) is 7.05 Å². The topological polar surface area (TPSA) is 39.1 Å². The Morgan fingerprint density at radius 2 is 2.24 bits per heavy atom. The first-order valence-electron chi connectivity index (χ1n) is 6.46. The fourth-order valence-corrected chi connectivity index (χ4v) is 1.84. The maximum Gasteiger partial charge on any atom is 0.0694 e. The predicted octanol–water partition coefficient (Wildman–Crippen LogP) is 2.06. The zero-order chi connectivity index (χ0) is 12.7. The second-order valence-electron chi connectivity index (χ2n) is 4.60. The lowest BCUT2D eigenvalue weighted by Gasteiger charge is -2.07. The lowest BCUT2D eigenvalue weighted by molar-refractivity contribution is 0.144. The molecule has 1 rings (SSSR count). The Kier molecular flexibility index (Phi) is 6.22. The molecular formula is C13H25N3O. The van der Waals surface area contributed by atoms with Crippen molar-refractivity contribution in [1.82, 2.24) is 15.1 Å². The fraction of sp³-hybridized carbons (Fsp3) is 0.769. The summed E-state index contributed by atoms with van der Waals surface area (Å²) in [5.74, 6) is 0.483. The van der Waals surface area contributed by atoms with Crippen LogP contribution in [0.4, 0.5) is 0 Å². The first-order chi connectivity index (χ1) is 8.15. The molecule has 0 atom stereocenters. The zero-order valence-electron chi connectivity index (χ0n) is 11.5. The molecule has 0 aliphatic heterocycles. The normalized spacial score (nSPS) is 11.4. The molecule has 0 bridgehead atoms. The molecule has 0 radical (unpaired) electrons. The van der Waals surface area contributed by atoms with Crippen molar-refractivity contribution < 1.29 is 4.74 Å². The van der Waals surface area contributed by atoms with Gasteiger partial charge >= 0.3 is 0 Å². The van der Waals surface area contributed by atoms with E-state index in [9.17, 15) is 0 Å². The molecule has 0 saturated heterocycles. The van der Waals surface area contributed by atoms with Gasteiger partial charge in [0.05, 0.1) is 5.69 Å². The van der Waals surface area contributed by atoms with Crippen molar-refractivity contribution in [3.8, 4) is 0 Å². The smallest absolute Gasteiger partial charge is 0.0694 e. The molecule has 0 fully saturated rings. The Balaban J connectivity index is 2.31. The van der Waals surface area contributed by atoms with Gasteiger partial charge in [-0.05, 0) is 25.8 Å². The first-order valence-corrected chi connectivity index (χ1v) is 6.46. The molecule has 0 saturated carbocycles. The number of ether oxygens (including phenoxy) is 1. The second kappa shape index (κ2) is 7.45. The third-order valence-electron chi connectivity index (χ3n) is 2.65. The van der Waals surface area contributed by atoms with Crippen LogP contribution in [-0.2, 0) is 18.3 Å². The van der Waals surface area contributed by atoms with E-state index in [2.05, 4.69) is 30.5 Å². The van der Waals surface area contributed by atoms with Gasteiger partial charge in [0, 0.05) is 38.6 Å². The van der Waals surface area contributed by atoms with Crippen molar-refractivity contribution in [2.45, 2.75) is 39.7 Å². The van der Waals surface area contributed by atoms with Gasteiger partial charge in [0.15, 0.2) is 0 Å². The molecule has 1 N–H and O–H groups in total. The highest BCUT2D eigenvalue weighted by Crippen LogP contribution is 2.16. The molecule has 1 aromatic heterocycles. The maximum atomic E-state index is 5.30. The van der Waals surface area contributed by atoms with Gasteiger partial charge in [-0.2, -0.15) is 5.10 Å². The number of nitrogens with zero attached hydrogens (tertiary/aromatic N) is 2. The van der Waals surface area contributed by atoms with Crippen molar-refractivity contribution in [3.63, 3.8) is 0 Å². The molecule has 1 aromatic rings. The van der Waals surface area contributed by atoms with Gasteiger partial charge in [-0.3, -0.25) is 4.68 Å². The van der Waals surface area contributed by atoms with Crippen LogP contribution in [0.25, 0.3) is 0 Å². The van der Waals surface area contributed by atoms with Crippen molar-refractivity contribution in [1.29, 1.82) is 0 Å². The van der Waals surface area contributed by atoms with Gasteiger partial charge in [-0.25, -0.2) is 0 Å². The maximum absolute atomic E-state index is 5.30. The number of hydrogen-bond acceptors (Lipinski definition) is 3. The van der Waals surface area contributed by atoms with E-state index in [0.29, 0.717) is 5.92 Å². The number of rotatable bonds is 8. The number of hydrogen-bond donors (Lipinski definition) is 1. The minimum atomic E-state index is 0.483. The molecule has 0 amide bonds. The van der Waals surface area contributed by atoms with E-state index in [1.807, 2.05) is 18.7 Å². The second-order valence-corrected chi connectivity index (χ2v) is 4.60. The van der Waals surface area contributed by atoms with E-state index in [1.165, 1.54) is 11.3 Å². The Morgan fingerprint density at radius 3 is 2.88 bits per heavy atom. The molecule has 4 heteroatoms. The zero-order valence-corrected chi connectivity index (χ0v) is 11.5. The molecule has 98 valence electrons. The lowest BCUT2D eigenvalue weighted by atomic mass is 10.1. The molecule has 0 aromatic carbocycles. The van der Waals surface area contributed by atoms with E-state index >= 15 is 0 Å². The molecule has 4 nitrogen and oxygen atoms in total. The summed E-state index contributed by atoms with van der Waals surface area (Å²) in [6.07, 6.45) is 3.16. The lowest BCUT2D eigenvalue weighted by Crippen LogP contribution is -2.17. The average Bonchev–Trinajstić information content (AvgIpc) is 2.65. The highest BCUT2D eigenvalue weighted by Gasteiger charge is 2.10. The van der Waals surface area contributed by atoms with E-state index in [0.717, 1.165) is 32.7 Å². The predicted molar refractivity (Wildman–Crippen MR) is 70.1 cm³/mol. The molecule has 1 heterocycles. The average molecular weight is 239 g/mol. The van der Waals surface area contributed by atoms with Crippen molar-refractivity contribution >= 4 is 0 Å². The van der Waals surface area contributed by atoms with Crippen LogP contribution in [0.15, 0.2) is 6.20 Å². The van der Waals surface area contributed by atoms with Crippen LogP contribution in [0.3, 0.4) is 0 Å². The molecule has 0 spiro atoms. The van der Waals surface area contributed by atoms with Crippen LogP contribution < -0.4 is 5.32 Å². The van der Waals surface area contributed by atoms with Crippen LogP contribution in [-0.4, -0.2) is 29.5 Å². The van der Waals surface area contributed by atoms with E-state index in [1.54, 1.807) is 0 Å². The third-order valence-corrected chi connectivity index (χ3v) is 2.65. The van der Waals surface area contributed by atoms with Gasteiger partial charge < -0.3 is 10.1 Å². The number of aromatic nitrogens is 2. The Labute approximate surface area is 104 Å². The highest BCUT2D eigenvalue weighted by molar-refractivity contribution is 5.19. The fourth-order valence-electron chi connectivity index (χ4n) is 1.84. The molecule has 0 aliphatic rings. The summed E-state index contributed by atoms with van der Waals surface area (Å²) in [5.41, 5.74) is 2.50. The monoisotopic (exact) mass is 239 g/mol. The molecule has 0 unspecified atom stereocenters. The van der Waals surface area contributed by atoms with Gasteiger partial charge in [0.25, 0.3) is 0 Å². The Bertz CT molecular complexity index is 320. The quantitative estimate of drug-likeness (QED) is 0.706. The standard InChI is InChI=1S/C13H25N3O/c1-5-17-8-6-7-14-9-12-10-16(4)15-13(12)11(2)3/h10-11,14H,5-9H2,1-4H3. The van der Waals surface area contributed by atoms with Gasteiger partial charge in [0.2, 0.25) is 0 Å². The van der Waals surface area contributed by atoms with Crippen LogP contribution in [0.5, 0.6) is 0 Å². The minimum absolute atomic E-state index is 0.483. The summed E-state index contributed by atoms with van der Waals surface area (Å²) in [6, 6.07) is 0. The van der Waals surface area contributed by atoms with Gasteiger partial charge in [0.1, 0.15) is 0 Å². The first kappa shape index (κ1) is 14.2. The SMILES string of the molecule is CCOCCCNCc1cn(C)nc1C(C)C. The number of nitrogens with one attached hydrogen (secondary N) is 1. The Hall–Kier alpha value is -0.870. The largest absolute Gasteiger partial charge is 0.382 e. The van der Waals surface area contributed by atoms with Crippen molar-refractivity contribution in [3.05, 3.63) is 17.5 Å². The summed E-state index contributed by atoms with van der Waals surface area (Å²) in [5, 5.41) is 7.93. The van der Waals surface area contributed by atoms with Crippen LogP contribution in [0, 0.1) is 0 Å². The Morgan fingerprint density at radius 1 is 1.47 bits per heavy atom. The minimum Gasteiger partial charge on any atom is -0.382 e. The molecular weight excluding hydrogens is 214 g/mol. The van der Waals surface area contributed by atoms with Crippen LogP contribution in [0.1, 0.15) is 44.4 Å². The third kappa shape index (κ3) is 4.88. The summed E-state index contributed by atoms with van der Waals surface area (Å²) in [7, 11) is 1.98. The molecule has 0 aliphatic carbocycles. The summed E-state index contributed by atoms with van der Waals surface area (Å²) in [4.78, 5) is 0. The summed E-state index contributed by atoms with van der Waals surface area (Å²) in [6.45, 7) is 9.92. The van der Waals surface area contributed by atoms with E-state index in [4.69, 9.17) is 4.74 Å². The number of aryl methyl sites for hydroxylation is 1. The van der Waals surface area contributed by atoms with Gasteiger partial charge in [-0.1, -0.05) is 13.8 Å². The van der Waals surface area contributed by atoms with E-state index < -0.39 is 0 Å².